The third-order valence-electron chi connectivity index (χ3n) is 2.06. The van der Waals surface area contributed by atoms with Crippen LogP contribution in [0.5, 0.6) is 0 Å². The van der Waals surface area contributed by atoms with Crippen LogP contribution < -0.4 is 5.73 Å². The van der Waals surface area contributed by atoms with Gasteiger partial charge in [0, 0.05) is 18.2 Å². The Kier molecular flexibility index (Phi) is 3.34. The Morgan fingerprint density at radius 3 is 2.41 bits per heavy atom. The van der Waals surface area contributed by atoms with Gasteiger partial charge in [-0.15, -0.1) is 0 Å². The molecule has 0 heterocycles. The molecule has 1 aromatic rings. The van der Waals surface area contributed by atoms with E-state index in [0.29, 0.717) is 6.07 Å². The summed E-state index contributed by atoms with van der Waals surface area (Å²) in [7, 11) is 0. The summed E-state index contributed by atoms with van der Waals surface area (Å²) in [5.74, 6) is 0. The van der Waals surface area contributed by atoms with E-state index >= 15 is 0 Å². The van der Waals surface area contributed by atoms with E-state index in [2.05, 4.69) is 0 Å². The molecule has 0 atom stereocenters. The van der Waals surface area contributed by atoms with E-state index in [9.17, 15) is 23.3 Å². The van der Waals surface area contributed by atoms with Gasteiger partial charge in [-0.3, -0.25) is 10.1 Å². The third-order valence-corrected chi connectivity index (χ3v) is 2.06. The van der Waals surface area contributed by atoms with Crippen molar-refractivity contribution in [1.82, 2.24) is 0 Å². The molecule has 1 rings (SSSR count). The van der Waals surface area contributed by atoms with Crippen LogP contribution in [0.25, 0.3) is 0 Å². The Balaban J connectivity index is 3.58. The number of nitrogens with zero attached hydrogens (tertiary/aromatic N) is 2. The molecular formula is C9H6F3N3O2. The van der Waals surface area contributed by atoms with Crippen molar-refractivity contribution in [2.24, 2.45) is 5.73 Å². The van der Waals surface area contributed by atoms with E-state index in [-0.39, 0.29) is 12.1 Å². The first-order valence-electron chi connectivity index (χ1n) is 4.30. The summed E-state index contributed by atoms with van der Waals surface area (Å²) in [4.78, 5) is 9.60. The van der Waals surface area contributed by atoms with Gasteiger partial charge in [-0.25, -0.2) is 0 Å². The second-order valence-electron chi connectivity index (χ2n) is 3.10. The van der Waals surface area contributed by atoms with Gasteiger partial charge in [-0.2, -0.15) is 18.4 Å². The number of nitro groups is 1. The number of hydrogen-bond acceptors (Lipinski definition) is 4. The number of benzene rings is 1. The first kappa shape index (κ1) is 12.9. The van der Waals surface area contributed by atoms with Crippen LogP contribution in [-0.4, -0.2) is 4.92 Å². The molecule has 0 amide bonds. The first-order valence-corrected chi connectivity index (χ1v) is 4.30. The minimum absolute atomic E-state index is 0.112. The van der Waals surface area contributed by atoms with Gasteiger partial charge in [0.15, 0.2) is 0 Å². The van der Waals surface area contributed by atoms with E-state index in [1.54, 1.807) is 0 Å². The Labute approximate surface area is 93.4 Å². The normalized spacial score (nSPS) is 11.0. The lowest BCUT2D eigenvalue weighted by atomic mass is 10.0. The summed E-state index contributed by atoms with van der Waals surface area (Å²) >= 11 is 0. The molecule has 0 fully saturated rings. The molecule has 0 unspecified atom stereocenters. The summed E-state index contributed by atoms with van der Waals surface area (Å²) in [6.45, 7) is -0.316. The molecule has 0 spiro atoms. The van der Waals surface area contributed by atoms with Crippen molar-refractivity contribution in [2.45, 2.75) is 12.7 Å². The topological polar surface area (TPSA) is 93.0 Å². The van der Waals surface area contributed by atoms with Crippen molar-refractivity contribution in [3.8, 4) is 6.07 Å². The monoisotopic (exact) mass is 245 g/mol. The zero-order valence-corrected chi connectivity index (χ0v) is 8.28. The van der Waals surface area contributed by atoms with E-state index in [0.717, 1.165) is 6.07 Å². The number of hydrogen-bond donors (Lipinski definition) is 1. The van der Waals surface area contributed by atoms with Gasteiger partial charge in [-0.05, 0) is 6.07 Å². The molecule has 0 bridgehead atoms. The van der Waals surface area contributed by atoms with Crippen molar-refractivity contribution < 1.29 is 18.1 Å². The summed E-state index contributed by atoms with van der Waals surface area (Å²) < 4.78 is 37.5. The van der Waals surface area contributed by atoms with Gasteiger partial charge in [0.1, 0.15) is 0 Å². The van der Waals surface area contributed by atoms with Crippen LogP contribution in [0.1, 0.15) is 16.7 Å². The van der Waals surface area contributed by atoms with E-state index in [1.165, 1.54) is 6.07 Å². The van der Waals surface area contributed by atoms with Crippen LogP contribution in [0.3, 0.4) is 0 Å². The quantitative estimate of drug-likeness (QED) is 0.636. The molecule has 0 aromatic heterocycles. The Hall–Kier alpha value is -2.14. The van der Waals surface area contributed by atoms with Gasteiger partial charge < -0.3 is 5.73 Å². The lowest BCUT2D eigenvalue weighted by molar-refractivity contribution is -0.385. The number of nitro benzene ring substituents is 1. The molecule has 8 heteroatoms. The molecule has 0 saturated carbocycles. The molecule has 0 aliphatic carbocycles. The maximum Gasteiger partial charge on any atom is 0.417 e. The van der Waals surface area contributed by atoms with E-state index in [1.807, 2.05) is 0 Å². The molecule has 17 heavy (non-hydrogen) atoms. The fraction of sp³-hybridized carbons (Fsp3) is 0.222. The van der Waals surface area contributed by atoms with Crippen LogP contribution in [0.4, 0.5) is 18.9 Å². The number of alkyl halides is 3. The number of nitriles is 1. The molecule has 0 radical (unpaired) electrons. The Morgan fingerprint density at radius 2 is 2.06 bits per heavy atom. The van der Waals surface area contributed by atoms with Gasteiger partial charge in [0.05, 0.1) is 22.1 Å². The molecule has 0 aliphatic rings. The predicted octanol–water partition coefficient (Wildman–Crippen LogP) is 1.94. The van der Waals surface area contributed by atoms with Crippen molar-refractivity contribution >= 4 is 5.69 Å². The first-order chi connectivity index (χ1) is 7.81. The molecule has 1 aromatic carbocycles. The summed E-state index contributed by atoms with van der Waals surface area (Å²) in [6.07, 6.45) is -4.82. The summed E-state index contributed by atoms with van der Waals surface area (Å²) in [5.41, 5.74) is 2.32. The second kappa shape index (κ2) is 4.39. The van der Waals surface area contributed by atoms with Crippen molar-refractivity contribution in [3.05, 3.63) is 38.9 Å². The molecular weight excluding hydrogens is 239 g/mol. The van der Waals surface area contributed by atoms with Gasteiger partial charge >= 0.3 is 6.18 Å². The predicted molar refractivity (Wildman–Crippen MR) is 50.7 cm³/mol. The molecule has 2 N–H and O–H groups in total. The highest BCUT2D eigenvalue weighted by Crippen LogP contribution is 2.35. The minimum atomic E-state index is -4.82. The van der Waals surface area contributed by atoms with E-state index in [4.69, 9.17) is 11.0 Å². The number of halogens is 3. The highest BCUT2D eigenvalue weighted by atomic mass is 19.4. The van der Waals surface area contributed by atoms with Crippen molar-refractivity contribution in [2.75, 3.05) is 0 Å². The number of rotatable bonds is 2. The maximum absolute atomic E-state index is 12.5. The zero-order chi connectivity index (χ0) is 13.2. The lowest BCUT2D eigenvalue weighted by Crippen LogP contribution is -2.11. The van der Waals surface area contributed by atoms with Crippen LogP contribution in [0, 0.1) is 21.4 Å². The van der Waals surface area contributed by atoms with Crippen LogP contribution >= 0.6 is 0 Å². The standard InChI is InChI=1S/C9H6F3N3O2/c10-9(11,12)7-2-8(15(16)17)6(4-14)1-5(7)3-13/h1-2H,4,14H2. The largest absolute Gasteiger partial charge is 0.417 e. The molecule has 0 saturated heterocycles. The minimum Gasteiger partial charge on any atom is -0.326 e. The summed E-state index contributed by atoms with van der Waals surface area (Å²) in [5, 5.41) is 19.1. The maximum atomic E-state index is 12.5. The van der Waals surface area contributed by atoms with E-state index < -0.39 is 27.9 Å². The van der Waals surface area contributed by atoms with Crippen LogP contribution in [-0.2, 0) is 12.7 Å². The lowest BCUT2D eigenvalue weighted by Gasteiger charge is -2.10. The molecule has 5 nitrogen and oxygen atoms in total. The summed E-state index contributed by atoms with van der Waals surface area (Å²) in [6, 6.07) is 2.47. The average Bonchev–Trinajstić information content (AvgIpc) is 2.25. The smallest absolute Gasteiger partial charge is 0.326 e. The second-order valence-corrected chi connectivity index (χ2v) is 3.10. The fourth-order valence-corrected chi connectivity index (χ4v) is 1.29. The average molecular weight is 245 g/mol. The van der Waals surface area contributed by atoms with Gasteiger partial charge in [0.25, 0.3) is 5.69 Å². The number of nitrogens with two attached hydrogens (primary N) is 1. The Morgan fingerprint density at radius 1 is 1.47 bits per heavy atom. The van der Waals surface area contributed by atoms with Crippen molar-refractivity contribution in [1.29, 1.82) is 5.26 Å². The zero-order valence-electron chi connectivity index (χ0n) is 8.28. The van der Waals surface area contributed by atoms with Crippen LogP contribution in [0.15, 0.2) is 12.1 Å². The third kappa shape index (κ3) is 2.51. The highest BCUT2D eigenvalue weighted by Gasteiger charge is 2.36. The molecule has 90 valence electrons. The highest BCUT2D eigenvalue weighted by molar-refractivity contribution is 5.52. The van der Waals surface area contributed by atoms with Crippen molar-refractivity contribution in [3.63, 3.8) is 0 Å². The SMILES string of the molecule is N#Cc1cc(CN)c([N+](=O)[O-])cc1C(F)(F)F. The van der Waals surface area contributed by atoms with Crippen LogP contribution in [0.2, 0.25) is 0 Å². The Bertz CT molecular complexity index is 505. The molecule has 0 aliphatic heterocycles. The fourth-order valence-electron chi connectivity index (χ4n) is 1.29. The van der Waals surface area contributed by atoms with Gasteiger partial charge in [0.2, 0.25) is 0 Å². The van der Waals surface area contributed by atoms with Gasteiger partial charge in [-0.1, -0.05) is 0 Å².